The molecule has 5 heteroatoms. The Labute approximate surface area is 99.3 Å². The molecule has 0 bridgehead atoms. The van der Waals surface area contributed by atoms with Gasteiger partial charge in [0.2, 0.25) is 5.91 Å². The van der Waals surface area contributed by atoms with Crippen LogP contribution in [-0.4, -0.2) is 21.1 Å². The second kappa shape index (κ2) is 4.78. The number of amides is 1. The molecule has 2 rings (SSSR count). The van der Waals surface area contributed by atoms with Crippen LogP contribution in [-0.2, 0) is 11.2 Å². The number of aromatic amines is 1. The molecular weight excluding hydrogens is 216 g/mol. The first-order valence-electron chi connectivity index (χ1n) is 5.37. The summed E-state index contributed by atoms with van der Waals surface area (Å²) in [5.74, 6) is 0.504. The van der Waals surface area contributed by atoms with E-state index < -0.39 is 0 Å². The number of aromatic nitrogens is 3. The minimum absolute atomic E-state index is 0.0902. The lowest BCUT2D eigenvalue weighted by atomic mass is 10.2. The van der Waals surface area contributed by atoms with Gasteiger partial charge in [-0.1, -0.05) is 6.07 Å². The third-order valence-corrected chi connectivity index (χ3v) is 2.60. The van der Waals surface area contributed by atoms with E-state index in [2.05, 4.69) is 20.5 Å². The highest BCUT2D eigenvalue weighted by molar-refractivity contribution is 5.92. The maximum absolute atomic E-state index is 11.8. The SMILES string of the molecule is Cc1[nH]nc(NC(=O)Cc2cccnc2)c1C. The standard InChI is InChI=1S/C12H14N4O/c1-8-9(2)15-16-12(8)14-11(17)6-10-4-3-5-13-7-10/h3-5,7H,6H2,1-2H3,(H2,14,15,16,17). The van der Waals surface area contributed by atoms with E-state index in [0.29, 0.717) is 12.2 Å². The van der Waals surface area contributed by atoms with Crippen LogP contribution in [0.1, 0.15) is 16.8 Å². The Morgan fingerprint density at radius 3 is 2.88 bits per heavy atom. The zero-order chi connectivity index (χ0) is 12.3. The van der Waals surface area contributed by atoms with E-state index in [1.165, 1.54) is 0 Å². The number of rotatable bonds is 3. The summed E-state index contributed by atoms with van der Waals surface area (Å²) in [6.45, 7) is 3.83. The quantitative estimate of drug-likeness (QED) is 0.841. The van der Waals surface area contributed by atoms with Crippen molar-refractivity contribution >= 4 is 11.7 Å². The Kier molecular flexibility index (Phi) is 3.18. The molecule has 0 fully saturated rings. The lowest BCUT2D eigenvalue weighted by molar-refractivity contribution is -0.115. The van der Waals surface area contributed by atoms with E-state index in [-0.39, 0.29) is 5.91 Å². The molecule has 0 atom stereocenters. The number of hydrogen-bond donors (Lipinski definition) is 2. The molecule has 5 nitrogen and oxygen atoms in total. The lowest BCUT2D eigenvalue weighted by Gasteiger charge is -2.02. The first kappa shape index (κ1) is 11.3. The topological polar surface area (TPSA) is 70.7 Å². The summed E-state index contributed by atoms with van der Waals surface area (Å²) in [7, 11) is 0. The van der Waals surface area contributed by atoms with Crippen molar-refractivity contribution in [2.45, 2.75) is 20.3 Å². The first-order valence-corrected chi connectivity index (χ1v) is 5.37. The average Bonchev–Trinajstić information content (AvgIpc) is 2.62. The third-order valence-electron chi connectivity index (χ3n) is 2.60. The molecule has 0 radical (unpaired) electrons. The van der Waals surface area contributed by atoms with Gasteiger partial charge in [0.1, 0.15) is 0 Å². The molecule has 0 unspecified atom stereocenters. The van der Waals surface area contributed by atoms with Crippen molar-refractivity contribution < 1.29 is 4.79 Å². The van der Waals surface area contributed by atoms with Crippen molar-refractivity contribution in [2.75, 3.05) is 5.32 Å². The van der Waals surface area contributed by atoms with Gasteiger partial charge in [-0.05, 0) is 25.5 Å². The molecule has 1 amide bonds. The van der Waals surface area contributed by atoms with Gasteiger partial charge in [0, 0.05) is 23.7 Å². The van der Waals surface area contributed by atoms with Crippen molar-refractivity contribution in [3.63, 3.8) is 0 Å². The zero-order valence-corrected chi connectivity index (χ0v) is 9.82. The van der Waals surface area contributed by atoms with Crippen LogP contribution in [0.5, 0.6) is 0 Å². The summed E-state index contributed by atoms with van der Waals surface area (Å²) in [4.78, 5) is 15.7. The van der Waals surface area contributed by atoms with Crippen LogP contribution < -0.4 is 5.32 Å². The second-order valence-electron chi connectivity index (χ2n) is 3.91. The van der Waals surface area contributed by atoms with Gasteiger partial charge < -0.3 is 5.32 Å². The molecule has 0 saturated heterocycles. The van der Waals surface area contributed by atoms with Gasteiger partial charge in [-0.15, -0.1) is 0 Å². The summed E-state index contributed by atoms with van der Waals surface area (Å²) < 4.78 is 0. The summed E-state index contributed by atoms with van der Waals surface area (Å²) in [5.41, 5.74) is 2.81. The Morgan fingerprint density at radius 2 is 2.29 bits per heavy atom. The maximum atomic E-state index is 11.8. The average molecular weight is 230 g/mol. The van der Waals surface area contributed by atoms with Gasteiger partial charge >= 0.3 is 0 Å². The fourth-order valence-electron chi connectivity index (χ4n) is 1.47. The fraction of sp³-hybridized carbons (Fsp3) is 0.250. The number of carbonyl (C=O) groups is 1. The largest absolute Gasteiger partial charge is 0.309 e. The summed E-state index contributed by atoms with van der Waals surface area (Å²) in [6.07, 6.45) is 3.67. The van der Waals surface area contributed by atoms with E-state index in [0.717, 1.165) is 16.8 Å². The van der Waals surface area contributed by atoms with Crippen LogP contribution in [0.2, 0.25) is 0 Å². The molecule has 17 heavy (non-hydrogen) atoms. The van der Waals surface area contributed by atoms with E-state index in [4.69, 9.17) is 0 Å². The molecular formula is C12H14N4O. The van der Waals surface area contributed by atoms with Crippen LogP contribution in [0.3, 0.4) is 0 Å². The molecule has 0 aliphatic heterocycles. The molecule has 0 aromatic carbocycles. The predicted molar refractivity (Wildman–Crippen MR) is 64.6 cm³/mol. The molecule has 2 aromatic heterocycles. The molecule has 0 spiro atoms. The summed E-state index contributed by atoms with van der Waals surface area (Å²) >= 11 is 0. The molecule has 0 aliphatic rings. The monoisotopic (exact) mass is 230 g/mol. The molecule has 2 aromatic rings. The van der Waals surface area contributed by atoms with Crippen LogP contribution >= 0.6 is 0 Å². The Bertz CT molecular complexity index is 519. The first-order chi connectivity index (χ1) is 8.16. The van der Waals surface area contributed by atoms with Crippen LogP contribution in [0.4, 0.5) is 5.82 Å². The summed E-state index contributed by atoms with van der Waals surface area (Å²) in [6, 6.07) is 3.68. The number of H-pyrrole nitrogens is 1. The minimum atomic E-state index is -0.0902. The number of pyridine rings is 1. The lowest BCUT2D eigenvalue weighted by Crippen LogP contribution is -2.15. The molecule has 2 heterocycles. The van der Waals surface area contributed by atoms with Gasteiger partial charge in [-0.25, -0.2) is 0 Å². The number of nitrogens with zero attached hydrogens (tertiary/aromatic N) is 2. The fourth-order valence-corrected chi connectivity index (χ4v) is 1.47. The highest BCUT2D eigenvalue weighted by Gasteiger charge is 2.09. The number of hydrogen-bond acceptors (Lipinski definition) is 3. The Balaban J connectivity index is 2.01. The van der Waals surface area contributed by atoms with Crippen molar-refractivity contribution in [1.29, 1.82) is 0 Å². The van der Waals surface area contributed by atoms with Crippen molar-refractivity contribution in [3.05, 3.63) is 41.3 Å². The number of carbonyl (C=O) groups excluding carboxylic acids is 1. The molecule has 0 aliphatic carbocycles. The van der Waals surface area contributed by atoms with Gasteiger partial charge in [0.25, 0.3) is 0 Å². The van der Waals surface area contributed by atoms with E-state index in [9.17, 15) is 4.79 Å². The van der Waals surface area contributed by atoms with Crippen LogP contribution in [0.15, 0.2) is 24.5 Å². The Hall–Kier alpha value is -2.17. The number of aryl methyl sites for hydroxylation is 1. The Morgan fingerprint density at radius 1 is 1.47 bits per heavy atom. The van der Waals surface area contributed by atoms with Gasteiger partial charge in [-0.2, -0.15) is 5.10 Å². The highest BCUT2D eigenvalue weighted by Crippen LogP contribution is 2.13. The predicted octanol–water partition coefficient (Wildman–Crippen LogP) is 1.60. The maximum Gasteiger partial charge on any atom is 0.230 e. The van der Waals surface area contributed by atoms with E-state index in [1.54, 1.807) is 12.4 Å². The van der Waals surface area contributed by atoms with Gasteiger partial charge in [-0.3, -0.25) is 14.9 Å². The second-order valence-corrected chi connectivity index (χ2v) is 3.91. The minimum Gasteiger partial charge on any atom is -0.309 e. The van der Waals surface area contributed by atoms with Crippen LogP contribution in [0.25, 0.3) is 0 Å². The number of anilines is 1. The molecule has 0 saturated carbocycles. The van der Waals surface area contributed by atoms with Crippen molar-refractivity contribution in [2.24, 2.45) is 0 Å². The summed E-state index contributed by atoms with van der Waals surface area (Å²) in [5, 5.41) is 9.62. The third kappa shape index (κ3) is 2.69. The van der Waals surface area contributed by atoms with Crippen LogP contribution in [0, 0.1) is 13.8 Å². The zero-order valence-electron chi connectivity index (χ0n) is 9.82. The molecule has 2 N–H and O–H groups in total. The highest BCUT2D eigenvalue weighted by atomic mass is 16.1. The van der Waals surface area contributed by atoms with Gasteiger partial charge in [0.15, 0.2) is 5.82 Å². The normalized spacial score (nSPS) is 10.2. The van der Waals surface area contributed by atoms with E-state index >= 15 is 0 Å². The smallest absolute Gasteiger partial charge is 0.230 e. The van der Waals surface area contributed by atoms with Crippen molar-refractivity contribution in [3.8, 4) is 0 Å². The van der Waals surface area contributed by atoms with Crippen molar-refractivity contribution in [1.82, 2.24) is 15.2 Å². The molecule has 88 valence electrons. The van der Waals surface area contributed by atoms with E-state index in [1.807, 2.05) is 26.0 Å². The van der Waals surface area contributed by atoms with Gasteiger partial charge in [0.05, 0.1) is 6.42 Å². The number of nitrogens with one attached hydrogen (secondary N) is 2.